The van der Waals surface area contributed by atoms with Gasteiger partial charge >= 0.3 is 6.18 Å². The molecule has 0 unspecified atom stereocenters. The second-order valence-electron chi connectivity index (χ2n) is 7.41. The minimum Gasteiger partial charge on any atom is -0.496 e. The van der Waals surface area contributed by atoms with Gasteiger partial charge in [-0.2, -0.15) is 13.2 Å². The van der Waals surface area contributed by atoms with Gasteiger partial charge < -0.3 is 20.1 Å². The third kappa shape index (κ3) is 11.2. The minimum atomic E-state index is -4.11. The minimum absolute atomic E-state index is 0. The van der Waals surface area contributed by atoms with Crippen LogP contribution in [0.5, 0.6) is 5.75 Å². The lowest BCUT2D eigenvalue weighted by atomic mass is 9.93. The van der Waals surface area contributed by atoms with Gasteiger partial charge in [0.25, 0.3) is 0 Å². The molecule has 1 aromatic rings. The zero-order chi connectivity index (χ0) is 21.8. The van der Waals surface area contributed by atoms with Crippen molar-refractivity contribution < 1.29 is 22.6 Å². The fraction of sp³-hybridized carbons (Fsp3) is 0.667. The highest BCUT2D eigenvalue weighted by atomic mass is 127. The van der Waals surface area contributed by atoms with E-state index in [1.165, 1.54) is 4.90 Å². The Morgan fingerprint density at radius 1 is 1.16 bits per heavy atom. The van der Waals surface area contributed by atoms with Crippen LogP contribution >= 0.6 is 24.0 Å². The number of hydrogen-bond donors (Lipinski definition) is 2. The van der Waals surface area contributed by atoms with Crippen LogP contribution in [0.2, 0.25) is 0 Å². The molecule has 1 saturated heterocycles. The molecule has 0 saturated carbocycles. The van der Waals surface area contributed by atoms with Gasteiger partial charge in [-0.05, 0) is 44.3 Å². The topological polar surface area (TPSA) is 58.1 Å². The third-order valence-electron chi connectivity index (χ3n) is 5.17. The highest BCUT2D eigenvalue weighted by Gasteiger charge is 2.32. The van der Waals surface area contributed by atoms with Crippen molar-refractivity contribution in [3.63, 3.8) is 0 Å². The van der Waals surface area contributed by atoms with Gasteiger partial charge in [0.1, 0.15) is 5.75 Å². The van der Waals surface area contributed by atoms with Crippen LogP contribution in [-0.2, 0) is 11.3 Å². The summed E-state index contributed by atoms with van der Waals surface area (Å²) in [4.78, 5) is 5.69. The van der Waals surface area contributed by atoms with E-state index in [-0.39, 0.29) is 24.0 Å². The Labute approximate surface area is 200 Å². The van der Waals surface area contributed by atoms with Crippen LogP contribution < -0.4 is 15.4 Å². The molecule has 31 heavy (non-hydrogen) atoms. The summed E-state index contributed by atoms with van der Waals surface area (Å²) in [5, 5.41) is 6.47. The van der Waals surface area contributed by atoms with Crippen molar-refractivity contribution in [2.45, 2.75) is 32.0 Å². The number of likely N-dealkylation sites (tertiary alicyclic amines) is 1. The molecule has 178 valence electrons. The van der Waals surface area contributed by atoms with Crippen molar-refractivity contribution in [1.29, 1.82) is 0 Å². The van der Waals surface area contributed by atoms with Crippen LogP contribution in [0.1, 0.15) is 24.8 Å². The monoisotopic (exact) mass is 558 g/mol. The summed E-state index contributed by atoms with van der Waals surface area (Å²) in [5.41, 5.74) is 1.00. The van der Waals surface area contributed by atoms with E-state index in [2.05, 4.69) is 15.6 Å². The molecule has 0 aromatic heterocycles. The highest BCUT2D eigenvalue weighted by Crippen LogP contribution is 2.24. The van der Waals surface area contributed by atoms with E-state index < -0.39 is 12.7 Å². The van der Waals surface area contributed by atoms with Crippen molar-refractivity contribution in [2.75, 3.05) is 53.5 Å². The summed E-state index contributed by atoms with van der Waals surface area (Å²) in [6.45, 7) is 2.59. The molecule has 0 bridgehead atoms. The van der Waals surface area contributed by atoms with Gasteiger partial charge in [-0.3, -0.25) is 9.89 Å². The van der Waals surface area contributed by atoms with E-state index >= 15 is 0 Å². The average Bonchev–Trinajstić information content (AvgIpc) is 2.72. The summed E-state index contributed by atoms with van der Waals surface area (Å²) in [7, 11) is 3.35. The van der Waals surface area contributed by atoms with Crippen LogP contribution in [-0.4, -0.2) is 70.5 Å². The predicted molar refractivity (Wildman–Crippen MR) is 127 cm³/mol. The van der Waals surface area contributed by atoms with E-state index in [0.717, 1.165) is 37.1 Å². The number of nitrogens with one attached hydrogen (secondary N) is 2. The van der Waals surface area contributed by atoms with Gasteiger partial charge in [0.2, 0.25) is 0 Å². The first-order chi connectivity index (χ1) is 14.4. The molecule has 2 rings (SSSR count). The molecule has 1 heterocycles. The molecular formula is C21H34F3IN4O2. The van der Waals surface area contributed by atoms with Gasteiger partial charge in [0, 0.05) is 25.7 Å². The number of nitrogens with zero attached hydrogens (tertiary/aromatic N) is 2. The second-order valence-corrected chi connectivity index (χ2v) is 7.41. The van der Waals surface area contributed by atoms with E-state index in [1.54, 1.807) is 14.2 Å². The van der Waals surface area contributed by atoms with Gasteiger partial charge in [-0.15, -0.1) is 24.0 Å². The largest absolute Gasteiger partial charge is 0.496 e. The Bertz CT molecular complexity index is 654. The van der Waals surface area contributed by atoms with Crippen molar-refractivity contribution in [2.24, 2.45) is 10.9 Å². The fourth-order valence-corrected chi connectivity index (χ4v) is 3.55. The zero-order valence-corrected chi connectivity index (χ0v) is 20.5. The summed E-state index contributed by atoms with van der Waals surface area (Å²) >= 11 is 0. The first kappa shape index (κ1) is 27.8. The van der Waals surface area contributed by atoms with Crippen LogP contribution in [0.25, 0.3) is 0 Å². The third-order valence-corrected chi connectivity index (χ3v) is 5.17. The van der Waals surface area contributed by atoms with Crippen molar-refractivity contribution in [3.05, 3.63) is 29.8 Å². The number of halogens is 4. The number of methoxy groups -OCH3 is 1. The van der Waals surface area contributed by atoms with Gasteiger partial charge in [-0.1, -0.05) is 18.2 Å². The average molecular weight is 558 g/mol. The summed E-state index contributed by atoms with van der Waals surface area (Å²) in [6.07, 6.45) is -1.57. The van der Waals surface area contributed by atoms with Crippen LogP contribution in [0.4, 0.5) is 13.2 Å². The number of hydrogen-bond acceptors (Lipinski definition) is 4. The molecule has 0 atom stereocenters. The predicted octanol–water partition coefficient (Wildman–Crippen LogP) is 3.66. The Balaban J connectivity index is 0.00000480. The number of benzene rings is 1. The molecule has 1 aliphatic rings. The second kappa shape index (κ2) is 14.7. The Hall–Kier alpha value is -1.27. The molecule has 0 spiro atoms. The smallest absolute Gasteiger partial charge is 0.401 e. The molecule has 1 aliphatic heterocycles. The lowest BCUT2D eigenvalue weighted by molar-refractivity contribution is -0.148. The maximum absolute atomic E-state index is 12.5. The maximum Gasteiger partial charge on any atom is 0.401 e. The molecule has 0 amide bonds. The number of ether oxygens (including phenoxy) is 2. The Kier molecular flexibility index (Phi) is 13.2. The van der Waals surface area contributed by atoms with Crippen LogP contribution in [0.3, 0.4) is 0 Å². The van der Waals surface area contributed by atoms with Gasteiger partial charge in [-0.25, -0.2) is 0 Å². The van der Waals surface area contributed by atoms with Gasteiger partial charge in [0.05, 0.1) is 26.9 Å². The quantitative estimate of drug-likeness (QED) is 0.199. The maximum atomic E-state index is 12.5. The molecule has 10 heteroatoms. The lowest BCUT2D eigenvalue weighted by Gasteiger charge is -2.32. The number of piperidine rings is 1. The number of aliphatic imine (C=N–C) groups is 1. The van der Waals surface area contributed by atoms with E-state index in [0.29, 0.717) is 44.7 Å². The lowest BCUT2D eigenvalue weighted by Crippen LogP contribution is -2.42. The summed E-state index contributed by atoms with van der Waals surface area (Å²) in [6, 6.07) is 7.75. The molecule has 2 N–H and O–H groups in total. The Morgan fingerprint density at radius 3 is 2.48 bits per heavy atom. The number of alkyl halides is 3. The fourth-order valence-electron chi connectivity index (χ4n) is 3.55. The van der Waals surface area contributed by atoms with Crippen molar-refractivity contribution >= 4 is 29.9 Å². The molecule has 6 nitrogen and oxygen atoms in total. The summed E-state index contributed by atoms with van der Waals surface area (Å²) in [5.74, 6) is 1.96. The first-order valence-electron chi connectivity index (χ1n) is 10.3. The molecular weight excluding hydrogens is 524 g/mol. The highest BCUT2D eigenvalue weighted by molar-refractivity contribution is 14.0. The number of guanidine groups is 1. The van der Waals surface area contributed by atoms with Gasteiger partial charge in [0.15, 0.2) is 5.96 Å². The molecule has 0 aliphatic carbocycles. The summed E-state index contributed by atoms with van der Waals surface area (Å²) < 4.78 is 48.3. The first-order valence-corrected chi connectivity index (χ1v) is 10.3. The Morgan fingerprint density at radius 2 is 1.84 bits per heavy atom. The SMILES string of the molecule is CN=C(NCCOCc1ccccc1OC)NCCC1CCN(CC(F)(F)F)CC1.I. The normalized spacial score (nSPS) is 16.0. The standard InChI is InChI=1S/C21H33F3N4O2.HI/c1-25-20(27-11-14-30-15-18-5-3-4-6-19(18)29-2)26-10-7-17-8-12-28(13-9-17)16-21(22,23)24;/h3-6,17H,7-16H2,1-2H3,(H2,25,26,27);1H. The zero-order valence-electron chi connectivity index (χ0n) is 18.2. The van der Waals surface area contributed by atoms with E-state index in [4.69, 9.17) is 9.47 Å². The number of para-hydroxylation sites is 1. The van der Waals surface area contributed by atoms with Crippen molar-refractivity contribution in [1.82, 2.24) is 15.5 Å². The molecule has 1 fully saturated rings. The molecule has 1 aromatic carbocycles. The van der Waals surface area contributed by atoms with E-state index in [9.17, 15) is 13.2 Å². The van der Waals surface area contributed by atoms with E-state index in [1.807, 2.05) is 24.3 Å². The number of rotatable bonds is 10. The molecule has 0 radical (unpaired) electrons. The van der Waals surface area contributed by atoms with Crippen LogP contribution in [0.15, 0.2) is 29.3 Å². The van der Waals surface area contributed by atoms with Crippen LogP contribution in [0, 0.1) is 5.92 Å². The van der Waals surface area contributed by atoms with Crippen molar-refractivity contribution in [3.8, 4) is 5.75 Å².